The van der Waals surface area contributed by atoms with Crippen LogP contribution in [0.3, 0.4) is 0 Å². The number of hydrogen-bond donors (Lipinski definition) is 1. The maximum absolute atomic E-state index is 13.9. The first-order valence-electron chi connectivity index (χ1n) is 8.46. The van der Waals surface area contributed by atoms with E-state index in [1.165, 1.54) is 29.2 Å². The van der Waals surface area contributed by atoms with Gasteiger partial charge in [-0.25, -0.2) is 12.8 Å². The van der Waals surface area contributed by atoms with Crippen molar-refractivity contribution in [1.82, 2.24) is 9.78 Å². The lowest BCUT2D eigenvalue weighted by Crippen LogP contribution is -2.12. The lowest BCUT2D eigenvalue weighted by Gasteiger charge is -2.07. The minimum Gasteiger partial charge on any atom is -0.276 e. The maximum atomic E-state index is 13.9. The highest BCUT2D eigenvalue weighted by atomic mass is 35.5. The number of anilines is 1. The molecule has 3 aromatic rings. The smallest absolute Gasteiger partial charge is 0.261 e. The van der Waals surface area contributed by atoms with E-state index < -0.39 is 15.8 Å². The summed E-state index contributed by atoms with van der Waals surface area (Å²) in [5, 5.41) is 4.37. The number of nitrogens with one attached hydrogen (secondary N) is 1. The van der Waals surface area contributed by atoms with Gasteiger partial charge in [-0.1, -0.05) is 43.1 Å². The molecule has 0 spiro atoms. The van der Waals surface area contributed by atoms with Crippen LogP contribution in [0.15, 0.2) is 59.8 Å². The van der Waals surface area contributed by atoms with E-state index in [0.717, 1.165) is 18.4 Å². The molecule has 3 rings (SSSR count). The van der Waals surface area contributed by atoms with Crippen LogP contribution in [0.2, 0.25) is 5.02 Å². The molecule has 0 atom stereocenters. The van der Waals surface area contributed by atoms with Crippen LogP contribution < -0.4 is 4.72 Å². The third-order valence-electron chi connectivity index (χ3n) is 4.04. The van der Waals surface area contributed by atoms with Gasteiger partial charge in [0.15, 0.2) is 0 Å². The zero-order valence-corrected chi connectivity index (χ0v) is 16.3. The van der Waals surface area contributed by atoms with Crippen LogP contribution in [0.25, 0.3) is 0 Å². The van der Waals surface area contributed by atoms with Crippen molar-refractivity contribution in [2.45, 2.75) is 31.2 Å². The third kappa shape index (κ3) is 4.67. The Morgan fingerprint density at radius 1 is 1.19 bits per heavy atom. The van der Waals surface area contributed by atoms with E-state index in [1.54, 1.807) is 18.2 Å². The van der Waals surface area contributed by atoms with E-state index in [4.69, 9.17) is 11.6 Å². The molecule has 8 heteroatoms. The second-order valence-electron chi connectivity index (χ2n) is 6.13. The molecule has 27 heavy (non-hydrogen) atoms. The van der Waals surface area contributed by atoms with Crippen molar-refractivity contribution >= 4 is 27.3 Å². The predicted molar refractivity (Wildman–Crippen MR) is 104 cm³/mol. The van der Waals surface area contributed by atoms with Crippen LogP contribution in [0, 0.1) is 5.82 Å². The molecular weight excluding hydrogens is 389 g/mol. The van der Waals surface area contributed by atoms with Crippen molar-refractivity contribution in [1.29, 1.82) is 0 Å². The van der Waals surface area contributed by atoms with Crippen molar-refractivity contribution < 1.29 is 12.8 Å². The Labute approximate surface area is 162 Å². The van der Waals surface area contributed by atoms with Gasteiger partial charge in [-0.15, -0.1) is 0 Å². The molecule has 0 unspecified atom stereocenters. The van der Waals surface area contributed by atoms with Gasteiger partial charge in [0.2, 0.25) is 0 Å². The fourth-order valence-electron chi connectivity index (χ4n) is 2.69. The van der Waals surface area contributed by atoms with Gasteiger partial charge in [0.05, 0.1) is 23.3 Å². The molecule has 0 aliphatic carbocycles. The minimum atomic E-state index is -3.72. The Bertz CT molecular complexity index is 1010. The Morgan fingerprint density at radius 3 is 2.59 bits per heavy atom. The van der Waals surface area contributed by atoms with Crippen LogP contribution in [-0.2, 0) is 23.0 Å². The summed E-state index contributed by atoms with van der Waals surface area (Å²) >= 11 is 6.02. The number of hydrogen-bond acceptors (Lipinski definition) is 3. The molecule has 142 valence electrons. The van der Waals surface area contributed by atoms with E-state index in [1.807, 2.05) is 12.1 Å². The fraction of sp³-hybridized carbons (Fsp3) is 0.211. The standard InChI is InChI=1S/C19H19ClFN3O2S/c1-2-4-14-7-9-16(10-8-14)27(25,26)23-15-11-22-24(12-15)13-17-18(20)5-3-6-19(17)21/h3,5-12,23H,2,4,13H2,1H3. The molecule has 0 saturated carbocycles. The second-order valence-corrected chi connectivity index (χ2v) is 8.22. The van der Waals surface area contributed by atoms with Crippen molar-refractivity contribution in [2.75, 3.05) is 4.72 Å². The van der Waals surface area contributed by atoms with Gasteiger partial charge in [-0.05, 0) is 36.2 Å². The largest absolute Gasteiger partial charge is 0.276 e. The van der Waals surface area contributed by atoms with E-state index in [-0.39, 0.29) is 11.4 Å². The molecule has 0 bridgehead atoms. The highest BCUT2D eigenvalue weighted by molar-refractivity contribution is 7.92. The Balaban J connectivity index is 1.74. The van der Waals surface area contributed by atoms with Gasteiger partial charge < -0.3 is 0 Å². The summed E-state index contributed by atoms with van der Waals surface area (Å²) in [6, 6.07) is 11.2. The summed E-state index contributed by atoms with van der Waals surface area (Å²) in [7, 11) is -3.72. The number of halogens is 2. The summed E-state index contributed by atoms with van der Waals surface area (Å²) in [5.74, 6) is -0.438. The quantitative estimate of drug-likeness (QED) is 0.628. The second kappa shape index (κ2) is 8.10. The third-order valence-corrected chi connectivity index (χ3v) is 5.79. The van der Waals surface area contributed by atoms with Gasteiger partial charge in [0, 0.05) is 16.8 Å². The summed E-state index contributed by atoms with van der Waals surface area (Å²) < 4.78 is 42.8. The molecule has 1 heterocycles. The van der Waals surface area contributed by atoms with Gasteiger partial charge in [-0.3, -0.25) is 9.40 Å². The summed E-state index contributed by atoms with van der Waals surface area (Å²) in [6.45, 7) is 2.16. The zero-order valence-electron chi connectivity index (χ0n) is 14.7. The molecule has 0 radical (unpaired) electrons. The highest BCUT2D eigenvalue weighted by Crippen LogP contribution is 2.21. The maximum Gasteiger partial charge on any atom is 0.261 e. The van der Waals surface area contributed by atoms with Crippen molar-refractivity contribution in [3.8, 4) is 0 Å². The topological polar surface area (TPSA) is 64.0 Å². The lowest BCUT2D eigenvalue weighted by molar-refractivity contribution is 0.585. The van der Waals surface area contributed by atoms with Crippen molar-refractivity contribution in [3.05, 3.63) is 76.8 Å². The molecule has 1 N–H and O–H groups in total. The van der Waals surface area contributed by atoms with Crippen molar-refractivity contribution in [2.24, 2.45) is 0 Å². The Morgan fingerprint density at radius 2 is 1.93 bits per heavy atom. The van der Waals surface area contributed by atoms with E-state index >= 15 is 0 Å². The molecule has 0 saturated heterocycles. The average molecular weight is 408 g/mol. The van der Waals surface area contributed by atoms with Gasteiger partial charge in [0.1, 0.15) is 5.82 Å². The summed E-state index contributed by atoms with van der Waals surface area (Å²) in [4.78, 5) is 0.173. The Kier molecular flexibility index (Phi) is 5.82. The van der Waals surface area contributed by atoms with E-state index in [2.05, 4.69) is 16.7 Å². The average Bonchev–Trinajstić information content (AvgIpc) is 3.05. The van der Waals surface area contributed by atoms with E-state index in [9.17, 15) is 12.8 Å². The monoisotopic (exact) mass is 407 g/mol. The number of rotatable bonds is 7. The predicted octanol–water partition coefficient (Wildman–Crippen LogP) is 4.48. The SMILES string of the molecule is CCCc1ccc(S(=O)(=O)Nc2cnn(Cc3c(F)cccc3Cl)c2)cc1. The molecule has 0 amide bonds. The van der Waals surface area contributed by atoms with Gasteiger partial charge in [-0.2, -0.15) is 5.10 Å². The van der Waals surface area contributed by atoms with Crippen LogP contribution in [-0.4, -0.2) is 18.2 Å². The summed E-state index contributed by atoms with van der Waals surface area (Å²) in [6.07, 6.45) is 4.76. The number of sulfonamides is 1. The fourth-order valence-corrected chi connectivity index (χ4v) is 3.94. The molecule has 0 fully saturated rings. The van der Waals surface area contributed by atoms with Crippen molar-refractivity contribution in [3.63, 3.8) is 0 Å². The first-order valence-corrected chi connectivity index (χ1v) is 10.3. The first kappa shape index (κ1) is 19.4. The van der Waals surface area contributed by atoms with Crippen LogP contribution in [0.5, 0.6) is 0 Å². The number of aromatic nitrogens is 2. The normalized spacial score (nSPS) is 11.5. The number of benzene rings is 2. The van der Waals surface area contributed by atoms with Gasteiger partial charge >= 0.3 is 0 Å². The number of aryl methyl sites for hydroxylation is 1. The van der Waals surface area contributed by atoms with Crippen LogP contribution in [0.4, 0.5) is 10.1 Å². The molecule has 0 aliphatic heterocycles. The minimum absolute atomic E-state index is 0.0962. The number of nitrogens with zero attached hydrogens (tertiary/aromatic N) is 2. The van der Waals surface area contributed by atoms with Crippen LogP contribution >= 0.6 is 11.6 Å². The van der Waals surface area contributed by atoms with Crippen LogP contribution in [0.1, 0.15) is 24.5 Å². The summed E-state index contributed by atoms with van der Waals surface area (Å²) in [5.41, 5.74) is 1.68. The Hall–Kier alpha value is -2.38. The highest BCUT2D eigenvalue weighted by Gasteiger charge is 2.16. The van der Waals surface area contributed by atoms with E-state index in [0.29, 0.717) is 16.3 Å². The van der Waals surface area contributed by atoms with Gasteiger partial charge in [0.25, 0.3) is 10.0 Å². The molecule has 0 aliphatic rings. The molecule has 2 aromatic carbocycles. The molecular formula is C19H19ClFN3O2S. The molecule has 5 nitrogen and oxygen atoms in total. The molecule has 1 aromatic heterocycles. The lowest BCUT2D eigenvalue weighted by atomic mass is 10.1. The zero-order chi connectivity index (χ0) is 19.4. The first-order chi connectivity index (χ1) is 12.9.